The molecule has 2 unspecified atom stereocenters. The molecule has 0 spiro atoms. The van der Waals surface area contributed by atoms with Crippen molar-refractivity contribution in [2.45, 2.75) is 39.2 Å². The van der Waals surface area contributed by atoms with Gasteiger partial charge in [0.25, 0.3) is 0 Å². The van der Waals surface area contributed by atoms with Gasteiger partial charge in [0.2, 0.25) is 0 Å². The van der Waals surface area contributed by atoms with E-state index in [9.17, 15) is 15.2 Å². The minimum absolute atomic E-state index is 0.0402. The standard InChI is InChI=1S/C10H17N3O3/c1-5-8-10(13(15)16)9(12(4)11-8)6(2)7(3)14/h6-7,14H,5H2,1-4H3. The van der Waals surface area contributed by atoms with Gasteiger partial charge in [-0.05, 0) is 13.3 Å². The van der Waals surface area contributed by atoms with Gasteiger partial charge in [0.1, 0.15) is 11.4 Å². The summed E-state index contributed by atoms with van der Waals surface area (Å²) >= 11 is 0. The molecule has 1 aromatic heterocycles. The van der Waals surface area contributed by atoms with E-state index in [2.05, 4.69) is 5.10 Å². The van der Waals surface area contributed by atoms with Crippen LogP contribution in [0.4, 0.5) is 5.69 Å². The van der Waals surface area contributed by atoms with Gasteiger partial charge in [-0.25, -0.2) is 0 Å². The van der Waals surface area contributed by atoms with Crippen molar-refractivity contribution < 1.29 is 10.0 Å². The fourth-order valence-corrected chi connectivity index (χ4v) is 1.76. The Morgan fingerprint density at radius 1 is 1.56 bits per heavy atom. The van der Waals surface area contributed by atoms with Crippen molar-refractivity contribution in [3.05, 3.63) is 21.5 Å². The molecule has 16 heavy (non-hydrogen) atoms. The molecule has 0 aliphatic heterocycles. The Bertz CT molecular complexity index is 398. The lowest BCUT2D eigenvalue weighted by molar-refractivity contribution is -0.386. The first-order valence-electron chi connectivity index (χ1n) is 5.28. The van der Waals surface area contributed by atoms with Gasteiger partial charge in [0, 0.05) is 13.0 Å². The zero-order valence-electron chi connectivity index (χ0n) is 9.97. The van der Waals surface area contributed by atoms with Gasteiger partial charge in [0.05, 0.1) is 11.0 Å². The Morgan fingerprint density at radius 3 is 2.50 bits per heavy atom. The third-order valence-electron chi connectivity index (χ3n) is 2.81. The van der Waals surface area contributed by atoms with Gasteiger partial charge in [-0.15, -0.1) is 0 Å². The summed E-state index contributed by atoms with van der Waals surface area (Å²) in [5.74, 6) is -0.307. The van der Waals surface area contributed by atoms with Crippen molar-refractivity contribution in [3.63, 3.8) is 0 Å². The average Bonchev–Trinajstić information content (AvgIpc) is 2.53. The van der Waals surface area contributed by atoms with E-state index in [0.717, 1.165) is 0 Å². The van der Waals surface area contributed by atoms with Crippen LogP contribution in [0.25, 0.3) is 0 Å². The predicted octanol–water partition coefficient (Wildman–Crippen LogP) is 1.37. The van der Waals surface area contributed by atoms with Crippen molar-refractivity contribution in [2.75, 3.05) is 0 Å². The third-order valence-corrected chi connectivity index (χ3v) is 2.81. The monoisotopic (exact) mass is 227 g/mol. The highest BCUT2D eigenvalue weighted by Gasteiger charge is 2.30. The van der Waals surface area contributed by atoms with E-state index < -0.39 is 11.0 Å². The molecule has 1 rings (SSSR count). The number of nitro groups is 1. The summed E-state index contributed by atoms with van der Waals surface area (Å²) in [6.45, 7) is 5.20. The minimum Gasteiger partial charge on any atom is -0.393 e. The number of aliphatic hydroxyl groups is 1. The molecule has 6 heteroatoms. The number of aliphatic hydroxyl groups excluding tert-OH is 1. The molecule has 0 fully saturated rings. The zero-order valence-corrected chi connectivity index (χ0v) is 9.97. The molecule has 0 aromatic carbocycles. The van der Waals surface area contributed by atoms with Gasteiger partial charge in [-0.2, -0.15) is 5.10 Å². The fourth-order valence-electron chi connectivity index (χ4n) is 1.76. The van der Waals surface area contributed by atoms with Crippen molar-refractivity contribution in [1.82, 2.24) is 9.78 Å². The second-order valence-corrected chi connectivity index (χ2v) is 3.94. The zero-order chi connectivity index (χ0) is 12.5. The molecule has 1 heterocycles. The Hall–Kier alpha value is -1.43. The first kappa shape index (κ1) is 12.6. The van der Waals surface area contributed by atoms with Gasteiger partial charge in [-0.3, -0.25) is 14.8 Å². The van der Waals surface area contributed by atoms with E-state index in [0.29, 0.717) is 17.8 Å². The largest absolute Gasteiger partial charge is 0.393 e. The lowest BCUT2D eigenvalue weighted by atomic mass is 10.00. The lowest BCUT2D eigenvalue weighted by Gasteiger charge is -2.13. The van der Waals surface area contributed by atoms with Gasteiger partial charge >= 0.3 is 5.69 Å². The molecule has 0 aliphatic rings. The molecular formula is C10H17N3O3. The molecule has 0 saturated carbocycles. The van der Waals surface area contributed by atoms with Crippen LogP contribution in [0.5, 0.6) is 0 Å². The molecular weight excluding hydrogens is 210 g/mol. The average molecular weight is 227 g/mol. The smallest absolute Gasteiger partial charge is 0.313 e. The molecule has 0 bridgehead atoms. The molecule has 0 radical (unpaired) electrons. The highest BCUT2D eigenvalue weighted by Crippen LogP contribution is 2.31. The van der Waals surface area contributed by atoms with Crippen LogP contribution in [0.2, 0.25) is 0 Å². The van der Waals surface area contributed by atoms with E-state index in [-0.39, 0.29) is 11.6 Å². The molecule has 6 nitrogen and oxygen atoms in total. The highest BCUT2D eigenvalue weighted by atomic mass is 16.6. The third kappa shape index (κ3) is 2.06. The number of rotatable bonds is 4. The molecule has 0 saturated heterocycles. The van der Waals surface area contributed by atoms with Crippen molar-refractivity contribution in [3.8, 4) is 0 Å². The van der Waals surface area contributed by atoms with Crippen LogP contribution < -0.4 is 0 Å². The van der Waals surface area contributed by atoms with E-state index in [1.165, 1.54) is 4.68 Å². The van der Waals surface area contributed by atoms with E-state index >= 15 is 0 Å². The topological polar surface area (TPSA) is 81.2 Å². The van der Waals surface area contributed by atoms with Crippen LogP contribution in [-0.4, -0.2) is 25.9 Å². The van der Waals surface area contributed by atoms with Crippen LogP contribution in [0.1, 0.15) is 38.1 Å². The number of hydrogen-bond donors (Lipinski definition) is 1. The molecule has 1 N–H and O–H groups in total. The summed E-state index contributed by atoms with van der Waals surface area (Å²) in [6, 6.07) is 0. The SMILES string of the molecule is CCc1nn(C)c(C(C)C(C)O)c1[N+](=O)[O-]. The first-order chi connectivity index (χ1) is 7.40. The quantitative estimate of drug-likeness (QED) is 0.622. The predicted molar refractivity (Wildman–Crippen MR) is 59.3 cm³/mol. The Kier molecular flexibility index (Phi) is 3.64. The second-order valence-electron chi connectivity index (χ2n) is 3.94. The van der Waals surface area contributed by atoms with E-state index in [4.69, 9.17) is 0 Å². The van der Waals surface area contributed by atoms with Crippen LogP contribution in [0, 0.1) is 10.1 Å². The van der Waals surface area contributed by atoms with Crippen LogP contribution >= 0.6 is 0 Å². The summed E-state index contributed by atoms with van der Waals surface area (Å²) in [5.41, 5.74) is 0.991. The summed E-state index contributed by atoms with van der Waals surface area (Å²) in [5, 5.41) is 24.7. The number of hydrogen-bond acceptors (Lipinski definition) is 4. The maximum atomic E-state index is 11.0. The Labute approximate surface area is 94.0 Å². The van der Waals surface area contributed by atoms with Gasteiger partial charge in [0.15, 0.2) is 0 Å². The lowest BCUT2D eigenvalue weighted by Crippen LogP contribution is -2.16. The Balaban J connectivity index is 3.36. The fraction of sp³-hybridized carbons (Fsp3) is 0.700. The van der Waals surface area contributed by atoms with Crippen molar-refractivity contribution >= 4 is 5.69 Å². The molecule has 2 atom stereocenters. The maximum Gasteiger partial charge on any atom is 0.313 e. The van der Waals surface area contributed by atoms with Crippen molar-refractivity contribution in [1.29, 1.82) is 0 Å². The van der Waals surface area contributed by atoms with Gasteiger partial charge < -0.3 is 5.11 Å². The first-order valence-corrected chi connectivity index (χ1v) is 5.28. The van der Waals surface area contributed by atoms with Crippen LogP contribution in [0.3, 0.4) is 0 Å². The molecule has 1 aromatic rings. The summed E-state index contributed by atoms with van der Waals surface area (Å²) in [4.78, 5) is 10.6. The summed E-state index contributed by atoms with van der Waals surface area (Å²) in [6.07, 6.45) is -0.129. The maximum absolute atomic E-state index is 11.0. The number of aryl methyl sites for hydroxylation is 2. The summed E-state index contributed by atoms with van der Waals surface area (Å²) in [7, 11) is 1.67. The van der Waals surface area contributed by atoms with E-state index in [1.807, 2.05) is 6.92 Å². The van der Waals surface area contributed by atoms with Crippen molar-refractivity contribution in [2.24, 2.45) is 7.05 Å². The number of aromatic nitrogens is 2. The summed E-state index contributed by atoms with van der Waals surface area (Å²) < 4.78 is 1.49. The highest BCUT2D eigenvalue weighted by molar-refractivity contribution is 5.43. The molecule has 0 amide bonds. The van der Waals surface area contributed by atoms with E-state index in [1.54, 1.807) is 20.9 Å². The van der Waals surface area contributed by atoms with Crippen LogP contribution in [-0.2, 0) is 13.5 Å². The molecule has 90 valence electrons. The minimum atomic E-state index is -0.640. The number of nitrogens with zero attached hydrogens (tertiary/aromatic N) is 3. The normalized spacial score (nSPS) is 14.8. The molecule has 0 aliphatic carbocycles. The van der Waals surface area contributed by atoms with Gasteiger partial charge in [-0.1, -0.05) is 13.8 Å². The Morgan fingerprint density at radius 2 is 2.12 bits per heavy atom. The van der Waals surface area contributed by atoms with Crippen LogP contribution in [0.15, 0.2) is 0 Å². The second kappa shape index (κ2) is 4.61.